The molecule has 0 unspecified atom stereocenters. The quantitative estimate of drug-likeness (QED) is 0.528. The van der Waals surface area contributed by atoms with Crippen LogP contribution in [0.2, 0.25) is 0 Å². The van der Waals surface area contributed by atoms with Crippen LogP contribution in [0.4, 0.5) is 11.4 Å². The maximum Gasteiger partial charge on any atom is 0.295 e. The van der Waals surface area contributed by atoms with Crippen molar-refractivity contribution in [2.75, 3.05) is 5.43 Å². The fraction of sp³-hybridized carbons (Fsp3) is 0. The molecule has 106 valence electrons. The summed E-state index contributed by atoms with van der Waals surface area (Å²) >= 11 is 0. The summed E-state index contributed by atoms with van der Waals surface area (Å²) < 4.78 is 0. The number of anilines is 1. The lowest BCUT2D eigenvalue weighted by Crippen LogP contribution is -1.99. The van der Waals surface area contributed by atoms with Gasteiger partial charge in [-0.25, -0.2) is 0 Å². The first-order valence-electron chi connectivity index (χ1n) is 6.12. The summed E-state index contributed by atoms with van der Waals surface area (Å²) in [5.41, 5.74) is 3.08. The molecule has 22 heavy (non-hydrogen) atoms. The van der Waals surface area contributed by atoms with E-state index in [1.54, 1.807) is 6.07 Å². The number of hydrogen-bond donors (Lipinski definition) is 1. The molecule has 0 spiro atoms. The zero-order valence-corrected chi connectivity index (χ0v) is 11.2. The van der Waals surface area contributed by atoms with Crippen molar-refractivity contribution in [2.24, 2.45) is 5.10 Å². The molecule has 0 amide bonds. The van der Waals surface area contributed by atoms with Crippen LogP contribution in [0.5, 0.6) is 0 Å². The molecular formula is C15H9N5O2. The number of nitro benzene ring substituents is 1. The summed E-state index contributed by atoms with van der Waals surface area (Å²) in [6.45, 7) is 0. The highest BCUT2D eigenvalue weighted by Crippen LogP contribution is 2.28. The van der Waals surface area contributed by atoms with E-state index in [1.807, 2.05) is 36.4 Å². The van der Waals surface area contributed by atoms with Crippen molar-refractivity contribution < 1.29 is 4.92 Å². The first-order valence-corrected chi connectivity index (χ1v) is 6.12. The molecule has 1 N–H and O–H groups in total. The topological polar surface area (TPSA) is 115 Å². The van der Waals surface area contributed by atoms with E-state index in [0.29, 0.717) is 0 Å². The lowest BCUT2D eigenvalue weighted by molar-refractivity contribution is -0.384. The van der Waals surface area contributed by atoms with Gasteiger partial charge in [-0.15, -0.1) is 0 Å². The van der Waals surface area contributed by atoms with E-state index in [9.17, 15) is 10.1 Å². The molecule has 0 aliphatic carbocycles. The molecule has 0 saturated carbocycles. The number of nitro groups is 1. The van der Waals surface area contributed by atoms with Crippen molar-refractivity contribution in [3.05, 3.63) is 69.3 Å². The highest BCUT2D eigenvalue weighted by atomic mass is 16.6. The predicted octanol–water partition coefficient (Wildman–Crippen LogP) is 2.78. The minimum absolute atomic E-state index is 0.0468. The number of nitrogens with zero attached hydrogens (tertiary/aromatic N) is 4. The fourth-order valence-electron chi connectivity index (χ4n) is 1.73. The first kappa shape index (κ1) is 14.7. The second-order valence-electron chi connectivity index (χ2n) is 4.18. The molecule has 0 bridgehead atoms. The van der Waals surface area contributed by atoms with Gasteiger partial charge < -0.3 is 0 Å². The molecule has 2 aromatic rings. The highest BCUT2D eigenvalue weighted by molar-refractivity contribution is 5.80. The zero-order valence-electron chi connectivity index (χ0n) is 11.2. The summed E-state index contributed by atoms with van der Waals surface area (Å²) in [7, 11) is 0. The summed E-state index contributed by atoms with van der Waals surface area (Å²) in [4.78, 5) is 10.4. The predicted molar refractivity (Wildman–Crippen MR) is 80.2 cm³/mol. The van der Waals surface area contributed by atoms with Crippen LogP contribution < -0.4 is 5.43 Å². The maximum atomic E-state index is 11.0. The summed E-state index contributed by atoms with van der Waals surface area (Å²) in [5.74, 6) is 0. The number of benzene rings is 2. The maximum absolute atomic E-state index is 11.0. The summed E-state index contributed by atoms with van der Waals surface area (Å²) in [6, 6.07) is 15.0. The van der Waals surface area contributed by atoms with E-state index in [0.717, 1.165) is 11.6 Å². The lowest BCUT2D eigenvalue weighted by atomic mass is 10.1. The molecule has 0 heterocycles. The van der Waals surface area contributed by atoms with Gasteiger partial charge in [0.15, 0.2) is 0 Å². The largest absolute Gasteiger partial charge is 0.295 e. The van der Waals surface area contributed by atoms with Crippen LogP contribution in [0.1, 0.15) is 16.7 Å². The van der Waals surface area contributed by atoms with E-state index >= 15 is 0 Å². The Morgan fingerprint density at radius 3 is 2.36 bits per heavy atom. The normalized spacial score (nSPS) is 9.91. The molecule has 0 aromatic heterocycles. The Balaban J connectivity index is 2.34. The minimum Gasteiger partial charge on any atom is -0.272 e. The third kappa shape index (κ3) is 3.24. The Morgan fingerprint density at radius 2 is 1.77 bits per heavy atom. The van der Waals surface area contributed by atoms with Crippen molar-refractivity contribution in [2.45, 2.75) is 0 Å². The van der Waals surface area contributed by atoms with E-state index < -0.39 is 4.92 Å². The first-order chi connectivity index (χ1) is 10.7. The molecule has 0 atom stereocenters. The minimum atomic E-state index is -0.637. The Hall–Kier alpha value is -3.71. The van der Waals surface area contributed by atoms with Gasteiger partial charge in [-0.05, 0) is 11.6 Å². The van der Waals surface area contributed by atoms with Gasteiger partial charge in [0.1, 0.15) is 17.8 Å². The van der Waals surface area contributed by atoms with E-state index in [-0.39, 0.29) is 22.5 Å². The molecule has 0 radical (unpaired) electrons. The number of hydrazone groups is 1. The van der Waals surface area contributed by atoms with Gasteiger partial charge in [0, 0.05) is 6.07 Å². The van der Waals surface area contributed by atoms with E-state index in [4.69, 9.17) is 10.5 Å². The van der Waals surface area contributed by atoms with Crippen LogP contribution in [0, 0.1) is 32.8 Å². The highest BCUT2D eigenvalue weighted by Gasteiger charge is 2.18. The molecule has 7 heteroatoms. The Kier molecular flexibility index (Phi) is 4.43. The van der Waals surface area contributed by atoms with Crippen molar-refractivity contribution >= 4 is 17.6 Å². The van der Waals surface area contributed by atoms with Crippen LogP contribution in [-0.4, -0.2) is 11.1 Å². The molecule has 0 saturated heterocycles. The van der Waals surface area contributed by atoms with Crippen LogP contribution in [0.15, 0.2) is 47.6 Å². The van der Waals surface area contributed by atoms with E-state index in [2.05, 4.69) is 10.5 Å². The van der Waals surface area contributed by atoms with Crippen LogP contribution >= 0.6 is 0 Å². The van der Waals surface area contributed by atoms with Crippen molar-refractivity contribution in [1.82, 2.24) is 0 Å². The van der Waals surface area contributed by atoms with Gasteiger partial charge >= 0.3 is 0 Å². The second kappa shape index (κ2) is 6.64. The fourth-order valence-corrected chi connectivity index (χ4v) is 1.73. The number of hydrogen-bond acceptors (Lipinski definition) is 6. The van der Waals surface area contributed by atoms with Crippen LogP contribution in [0.3, 0.4) is 0 Å². The van der Waals surface area contributed by atoms with Crippen molar-refractivity contribution in [3.8, 4) is 12.1 Å². The zero-order chi connectivity index (χ0) is 15.9. The van der Waals surface area contributed by atoms with Crippen molar-refractivity contribution in [3.63, 3.8) is 0 Å². The summed E-state index contributed by atoms with van der Waals surface area (Å²) in [5, 5.41) is 32.8. The Morgan fingerprint density at radius 1 is 1.14 bits per heavy atom. The molecule has 0 aliphatic heterocycles. The third-order valence-corrected chi connectivity index (χ3v) is 2.77. The van der Waals surface area contributed by atoms with Crippen LogP contribution in [-0.2, 0) is 0 Å². The molecule has 0 fully saturated rings. The lowest BCUT2D eigenvalue weighted by Gasteiger charge is -2.04. The molecule has 0 aliphatic rings. The van der Waals surface area contributed by atoms with Crippen molar-refractivity contribution in [1.29, 1.82) is 10.5 Å². The Labute approximate surface area is 125 Å². The SMILES string of the molecule is N#Cc1cc(N/N=C\c2ccccc2)c([N+](=O)[O-])cc1C#N. The third-order valence-electron chi connectivity index (χ3n) is 2.77. The average Bonchev–Trinajstić information content (AvgIpc) is 2.55. The number of nitrogens with one attached hydrogen (secondary N) is 1. The average molecular weight is 291 g/mol. The standard InChI is InChI=1S/C15H9N5O2/c16-8-12-6-14(15(20(21)22)7-13(12)9-17)19-18-10-11-4-2-1-3-5-11/h1-7,10,19H/b18-10-. The molecule has 2 rings (SSSR count). The van der Waals surface area contributed by atoms with Gasteiger partial charge in [0.05, 0.1) is 22.3 Å². The van der Waals surface area contributed by atoms with Gasteiger partial charge in [-0.2, -0.15) is 15.6 Å². The number of nitriles is 2. The monoisotopic (exact) mass is 291 g/mol. The van der Waals surface area contributed by atoms with Crippen LogP contribution in [0.25, 0.3) is 0 Å². The molecular weight excluding hydrogens is 282 g/mol. The number of rotatable bonds is 4. The van der Waals surface area contributed by atoms with Gasteiger partial charge in [-0.3, -0.25) is 15.5 Å². The van der Waals surface area contributed by atoms with Gasteiger partial charge in [0.2, 0.25) is 0 Å². The molecule has 7 nitrogen and oxygen atoms in total. The smallest absolute Gasteiger partial charge is 0.272 e. The second-order valence-corrected chi connectivity index (χ2v) is 4.18. The summed E-state index contributed by atoms with van der Waals surface area (Å²) in [6.07, 6.45) is 1.49. The Bertz CT molecular complexity index is 816. The van der Waals surface area contributed by atoms with Gasteiger partial charge in [-0.1, -0.05) is 30.3 Å². The van der Waals surface area contributed by atoms with Gasteiger partial charge in [0.25, 0.3) is 5.69 Å². The molecule has 2 aromatic carbocycles. The van der Waals surface area contributed by atoms with E-state index in [1.165, 1.54) is 12.3 Å².